The van der Waals surface area contributed by atoms with Gasteiger partial charge in [-0.25, -0.2) is 4.98 Å². The van der Waals surface area contributed by atoms with Crippen molar-refractivity contribution < 1.29 is 9.84 Å². The van der Waals surface area contributed by atoms with Crippen LogP contribution in [0.4, 0.5) is 0 Å². The average Bonchev–Trinajstić information content (AvgIpc) is 2.64. The number of aliphatic hydroxyl groups excluding tert-OH is 1. The molecule has 3 N–H and O–H groups in total. The first-order valence-corrected chi connectivity index (χ1v) is 10.4. The summed E-state index contributed by atoms with van der Waals surface area (Å²) in [5.74, 6) is 0.840. The molecule has 2 atom stereocenters. The molecule has 0 saturated heterocycles. The summed E-state index contributed by atoms with van der Waals surface area (Å²) >= 11 is 5.97. The second kappa shape index (κ2) is 13.8. The van der Waals surface area contributed by atoms with Crippen LogP contribution in [0.3, 0.4) is 0 Å². The first kappa shape index (κ1) is 25.6. The molecule has 1 aliphatic rings. The Labute approximate surface area is 170 Å². The Morgan fingerprint density at radius 3 is 2.26 bits per heavy atom. The summed E-state index contributed by atoms with van der Waals surface area (Å²) in [6.07, 6.45) is 2.60. The number of hydrogen-bond acceptors (Lipinski definition) is 4. The molecule has 0 aliphatic carbocycles. The van der Waals surface area contributed by atoms with Gasteiger partial charge in [0, 0.05) is 11.8 Å². The Balaban J connectivity index is 0.000000644. The lowest BCUT2D eigenvalue weighted by Gasteiger charge is -2.28. The van der Waals surface area contributed by atoms with Gasteiger partial charge in [0.05, 0.1) is 11.6 Å². The summed E-state index contributed by atoms with van der Waals surface area (Å²) in [7, 11) is 0. The van der Waals surface area contributed by atoms with E-state index in [-0.39, 0.29) is 6.10 Å². The van der Waals surface area contributed by atoms with Gasteiger partial charge in [0.1, 0.15) is 17.0 Å². The van der Waals surface area contributed by atoms with Crippen molar-refractivity contribution in [2.24, 2.45) is 5.73 Å². The van der Waals surface area contributed by atoms with Crippen molar-refractivity contribution in [1.29, 1.82) is 0 Å². The lowest BCUT2D eigenvalue weighted by Crippen LogP contribution is -2.34. The molecule has 1 aromatic heterocycles. The van der Waals surface area contributed by atoms with Crippen LogP contribution in [0.25, 0.3) is 10.9 Å². The summed E-state index contributed by atoms with van der Waals surface area (Å²) in [5.41, 5.74) is 7.77. The highest BCUT2D eigenvalue weighted by molar-refractivity contribution is 6.29. The molecule has 0 saturated carbocycles. The first-order chi connectivity index (χ1) is 12.9. The fourth-order valence-corrected chi connectivity index (χ4v) is 2.62. The van der Waals surface area contributed by atoms with E-state index in [2.05, 4.69) is 18.8 Å². The predicted octanol–water partition coefficient (Wildman–Crippen LogP) is 5.68. The highest BCUT2D eigenvalue weighted by Gasteiger charge is 2.25. The van der Waals surface area contributed by atoms with Gasteiger partial charge in [0.25, 0.3) is 0 Å². The molecule has 1 aliphatic heterocycles. The van der Waals surface area contributed by atoms with Crippen molar-refractivity contribution in [1.82, 2.24) is 4.98 Å². The molecular weight excluding hydrogens is 360 g/mol. The van der Waals surface area contributed by atoms with Gasteiger partial charge in [-0.1, -0.05) is 59.1 Å². The number of benzene rings is 1. The van der Waals surface area contributed by atoms with Crippen LogP contribution in [-0.2, 0) is 6.42 Å². The van der Waals surface area contributed by atoms with E-state index in [1.54, 1.807) is 0 Å². The SMILES string of the molecule is CC.CCCC.CCN.Cc1cc(Cl)nc2cc3c(cc12)OC(C)C(O)C3. The Morgan fingerprint density at radius 1 is 1.19 bits per heavy atom. The molecule has 0 amide bonds. The minimum absolute atomic E-state index is 0.171. The number of fused-ring (bicyclic) bond motifs is 2. The molecule has 154 valence electrons. The van der Waals surface area contributed by atoms with Crippen LogP contribution in [0.5, 0.6) is 5.75 Å². The molecule has 0 fully saturated rings. The summed E-state index contributed by atoms with van der Waals surface area (Å²) < 4.78 is 5.73. The number of rotatable bonds is 1. The topological polar surface area (TPSA) is 68.4 Å². The molecule has 3 rings (SSSR count). The van der Waals surface area contributed by atoms with E-state index in [9.17, 15) is 5.11 Å². The van der Waals surface area contributed by atoms with Crippen LogP contribution in [0.1, 0.15) is 65.5 Å². The molecule has 2 unspecified atom stereocenters. The Hall–Kier alpha value is -1.36. The third-order valence-electron chi connectivity index (χ3n) is 3.95. The summed E-state index contributed by atoms with van der Waals surface area (Å²) in [5, 5.41) is 11.4. The molecule has 4 nitrogen and oxygen atoms in total. The zero-order valence-electron chi connectivity index (χ0n) is 18.0. The fourth-order valence-electron chi connectivity index (χ4n) is 2.36. The Kier molecular flexibility index (Phi) is 13.1. The predicted molar refractivity (Wildman–Crippen MR) is 118 cm³/mol. The van der Waals surface area contributed by atoms with Crippen LogP contribution in [0, 0.1) is 6.92 Å². The number of pyridine rings is 1. The van der Waals surface area contributed by atoms with Gasteiger partial charge in [-0.3, -0.25) is 0 Å². The van der Waals surface area contributed by atoms with E-state index in [0.717, 1.165) is 34.3 Å². The maximum Gasteiger partial charge on any atom is 0.130 e. The van der Waals surface area contributed by atoms with Crippen molar-refractivity contribution in [3.8, 4) is 5.75 Å². The normalized spacial score (nSPS) is 17.1. The fraction of sp³-hybridized carbons (Fsp3) is 0.591. The van der Waals surface area contributed by atoms with Crippen molar-refractivity contribution in [2.75, 3.05) is 6.54 Å². The van der Waals surface area contributed by atoms with Gasteiger partial charge in [0.2, 0.25) is 0 Å². The van der Waals surface area contributed by atoms with Gasteiger partial charge >= 0.3 is 0 Å². The number of unbranched alkanes of at least 4 members (excludes halogenated alkanes) is 1. The lowest BCUT2D eigenvalue weighted by molar-refractivity contribution is 0.0330. The minimum atomic E-state index is -0.463. The van der Waals surface area contributed by atoms with E-state index < -0.39 is 6.10 Å². The molecular formula is C22H37ClN2O2. The maximum atomic E-state index is 9.83. The monoisotopic (exact) mass is 396 g/mol. The maximum absolute atomic E-state index is 9.83. The number of ether oxygens (including phenoxy) is 1. The highest BCUT2D eigenvalue weighted by atomic mass is 35.5. The van der Waals surface area contributed by atoms with Gasteiger partial charge in [-0.2, -0.15) is 0 Å². The van der Waals surface area contributed by atoms with E-state index >= 15 is 0 Å². The van der Waals surface area contributed by atoms with Crippen molar-refractivity contribution in [3.05, 3.63) is 34.5 Å². The van der Waals surface area contributed by atoms with Gasteiger partial charge in [-0.15, -0.1) is 0 Å². The highest BCUT2D eigenvalue weighted by Crippen LogP contribution is 2.33. The quantitative estimate of drug-likeness (QED) is 0.608. The number of aryl methyl sites for hydroxylation is 1. The van der Waals surface area contributed by atoms with Crippen molar-refractivity contribution >= 4 is 22.5 Å². The standard InChI is InChI=1S/C14H14ClNO2.C4H10.C2H7N.C2H6/c1-7-3-14(15)16-11-4-9-5-12(17)8(2)18-13(9)6-10(7)11;1-3-4-2;1-2-3;1-2/h3-4,6,8,12,17H,5H2,1-2H3;3-4H2,1-2H3;2-3H2,1H3;1-2H3. The van der Waals surface area contributed by atoms with Gasteiger partial charge < -0.3 is 15.6 Å². The van der Waals surface area contributed by atoms with E-state index in [4.69, 9.17) is 22.1 Å². The second-order valence-corrected chi connectivity index (χ2v) is 6.63. The van der Waals surface area contributed by atoms with E-state index in [0.29, 0.717) is 11.6 Å². The van der Waals surface area contributed by atoms with Crippen LogP contribution in [0.2, 0.25) is 5.15 Å². The molecule has 2 aromatic rings. The van der Waals surface area contributed by atoms with Gasteiger partial charge in [0.15, 0.2) is 0 Å². The van der Waals surface area contributed by atoms with E-state index in [1.165, 1.54) is 12.8 Å². The average molecular weight is 397 g/mol. The third-order valence-corrected chi connectivity index (χ3v) is 4.14. The van der Waals surface area contributed by atoms with Crippen LogP contribution in [-0.4, -0.2) is 28.8 Å². The molecule has 0 bridgehead atoms. The number of aromatic nitrogens is 1. The Morgan fingerprint density at radius 2 is 1.74 bits per heavy atom. The zero-order chi connectivity index (χ0) is 21.0. The number of hydrogen-bond donors (Lipinski definition) is 2. The Bertz CT molecular complexity index is 675. The molecule has 5 heteroatoms. The third kappa shape index (κ3) is 8.04. The van der Waals surface area contributed by atoms with Crippen molar-refractivity contribution in [2.45, 2.75) is 79.9 Å². The summed E-state index contributed by atoms with van der Waals surface area (Å²) in [6.45, 7) is 14.9. The molecule has 1 aromatic carbocycles. The summed E-state index contributed by atoms with van der Waals surface area (Å²) in [4.78, 5) is 4.32. The molecule has 2 heterocycles. The molecule has 0 radical (unpaired) electrons. The van der Waals surface area contributed by atoms with Gasteiger partial charge in [-0.05, 0) is 49.7 Å². The lowest BCUT2D eigenvalue weighted by atomic mass is 9.97. The largest absolute Gasteiger partial charge is 0.488 e. The number of nitrogens with zero attached hydrogens (tertiary/aromatic N) is 1. The van der Waals surface area contributed by atoms with Crippen LogP contribution < -0.4 is 10.5 Å². The number of nitrogens with two attached hydrogens (primary N) is 1. The van der Waals surface area contributed by atoms with Crippen LogP contribution in [0.15, 0.2) is 18.2 Å². The summed E-state index contributed by atoms with van der Waals surface area (Å²) in [6, 6.07) is 5.79. The molecule has 0 spiro atoms. The zero-order valence-corrected chi connectivity index (χ0v) is 18.7. The minimum Gasteiger partial charge on any atom is -0.488 e. The number of halogens is 1. The second-order valence-electron chi connectivity index (χ2n) is 6.24. The van der Waals surface area contributed by atoms with Crippen molar-refractivity contribution in [3.63, 3.8) is 0 Å². The van der Waals surface area contributed by atoms with E-state index in [1.807, 2.05) is 52.8 Å². The molecule has 27 heavy (non-hydrogen) atoms. The number of aliphatic hydroxyl groups is 1. The first-order valence-electron chi connectivity index (χ1n) is 10.0. The van der Waals surface area contributed by atoms with Crippen LogP contribution >= 0.6 is 11.6 Å². The smallest absolute Gasteiger partial charge is 0.130 e.